The number of aryl methyl sites for hydroxylation is 1. The minimum Gasteiger partial charge on any atom is -0.493 e. The molecule has 1 atom stereocenters. The van der Waals surface area contributed by atoms with Crippen LogP contribution in [0.4, 0.5) is 0 Å². The number of hydrogen-bond acceptors (Lipinski definition) is 4. The van der Waals surface area contributed by atoms with Gasteiger partial charge in [-0.15, -0.1) is 0 Å². The van der Waals surface area contributed by atoms with Crippen LogP contribution in [0.15, 0.2) is 23.1 Å². The maximum absolute atomic E-state index is 12.3. The molecular formula is C16H25NO4S. The highest BCUT2D eigenvalue weighted by molar-refractivity contribution is 7.89. The van der Waals surface area contributed by atoms with Crippen molar-refractivity contribution < 1.29 is 18.3 Å². The topological polar surface area (TPSA) is 75.6 Å². The van der Waals surface area contributed by atoms with E-state index in [1.54, 1.807) is 19.1 Å². The minimum absolute atomic E-state index is 0.0349. The average molecular weight is 327 g/mol. The first-order valence-corrected chi connectivity index (χ1v) is 9.20. The van der Waals surface area contributed by atoms with E-state index in [0.29, 0.717) is 12.4 Å². The van der Waals surface area contributed by atoms with E-state index in [9.17, 15) is 13.5 Å². The molecule has 0 radical (unpaired) electrons. The molecule has 0 aliphatic heterocycles. The van der Waals surface area contributed by atoms with Crippen LogP contribution in [-0.4, -0.2) is 32.3 Å². The molecule has 0 spiro atoms. The lowest BCUT2D eigenvalue weighted by Crippen LogP contribution is -2.42. The largest absolute Gasteiger partial charge is 0.493 e. The number of rotatable bonds is 8. The van der Waals surface area contributed by atoms with Gasteiger partial charge in [-0.3, -0.25) is 0 Å². The Balaban J connectivity index is 2.07. The quantitative estimate of drug-likeness (QED) is 0.768. The van der Waals surface area contributed by atoms with Crippen molar-refractivity contribution in [1.29, 1.82) is 0 Å². The first-order chi connectivity index (χ1) is 10.3. The highest BCUT2D eigenvalue weighted by atomic mass is 32.2. The van der Waals surface area contributed by atoms with Crippen molar-refractivity contribution in [3.8, 4) is 5.75 Å². The number of nitrogens with one attached hydrogen (secondary N) is 1. The van der Waals surface area contributed by atoms with Crippen molar-refractivity contribution in [1.82, 2.24) is 4.72 Å². The molecular weight excluding hydrogens is 302 g/mol. The third kappa shape index (κ3) is 4.21. The monoisotopic (exact) mass is 327 g/mol. The van der Waals surface area contributed by atoms with Gasteiger partial charge < -0.3 is 9.84 Å². The summed E-state index contributed by atoms with van der Waals surface area (Å²) in [6.45, 7) is 6.16. The fourth-order valence-corrected chi connectivity index (χ4v) is 3.57. The number of benzene rings is 1. The third-order valence-electron chi connectivity index (χ3n) is 4.00. The summed E-state index contributed by atoms with van der Waals surface area (Å²) >= 11 is 0. The fraction of sp³-hybridized carbons (Fsp3) is 0.625. The summed E-state index contributed by atoms with van der Waals surface area (Å²) < 4.78 is 32.7. The molecule has 0 aromatic heterocycles. The lowest BCUT2D eigenvalue weighted by molar-refractivity contribution is 0.0422. The molecule has 2 rings (SSSR count). The minimum atomic E-state index is -3.62. The SMILES string of the molecule is CCCOc1ccc(S(=O)(=O)NCC(C)(O)C2CC2)cc1C. The molecule has 22 heavy (non-hydrogen) atoms. The number of ether oxygens (including phenoxy) is 1. The maximum atomic E-state index is 12.3. The van der Waals surface area contributed by atoms with Crippen LogP contribution < -0.4 is 9.46 Å². The maximum Gasteiger partial charge on any atom is 0.240 e. The van der Waals surface area contributed by atoms with Gasteiger partial charge in [-0.2, -0.15) is 0 Å². The van der Waals surface area contributed by atoms with Crippen molar-refractivity contribution in [2.24, 2.45) is 5.92 Å². The Morgan fingerprint density at radius 2 is 2.09 bits per heavy atom. The summed E-state index contributed by atoms with van der Waals surface area (Å²) in [5.41, 5.74) is -0.197. The smallest absolute Gasteiger partial charge is 0.240 e. The third-order valence-corrected chi connectivity index (χ3v) is 5.39. The molecule has 5 nitrogen and oxygen atoms in total. The molecule has 1 aliphatic rings. The lowest BCUT2D eigenvalue weighted by atomic mass is 10.0. The van der Waals surface area contributed by atoms with Gasteiger partial charge in [0.2, 0.25) is 10.0 Å². The van der Waals surface area contributed by atoms with E-state index in [2.05, 4.69) is 4.72 Å². The van der Waals surface area contributed by atoms with Gasteiger partial charge in [-0.05, 0) is 62.8 Å². The van der Waals surface area contributed by atoms with Gasteiger partial charge in [0.1, 0.15) is 5.75 Å². The average Bonchev–Trinajstić information content (AvgIpc) is 3.29. The van der Waals surface area contributed by atoms with Gasteiger partial charge in [-0.1, -0.05) is 6.92 Å². The van der Waals surface area contributed by atoms with Gasteiger partial charge in [0.25, 0.3) is 0 Å². The zero-order valence-corrected chi connectivity index (χ0v) is 14.2. The predicted octanol–water partition coefficient (Wildman–Crippen LogP) is 2.22. The highest BCUT2D eigenvalue weighted by Crippen LogP contribution is 2.39. The van der Waals surface area contributed by atoms with Crippen molar-refractivity contribution in [3.63, 3.8) is 0 Å². The summed E-state index contributed by atoms with van der Waals surface area (Å²) in [6.07, 6.45) is 2.81. The molecule has 2 N–H and O–H groups in total. The van der Waals surface area contributed by atoms with Gasteiger partial charge in [-0.25, -0.2) is 13.1 Å². The molecule has 6 heteroatoms. The lowest BCUT2D eigenvalue weighted by Gasteiger charge is -2.23. The van der Waals surface area contributed by atoms with E-state index in [0.717, 1.165) is 24.8 Å². The molecule has 0 heterocycles. The van der Waals surface area contributed by atoms with Crippen LogP contribution in [0.1, 0.15) is 38.7 Å². The second-order valence-electron chi connectivity index (χ2n) is 6.23. The van der Waals surface area contributed by atoms with E-state index in [1.165, 1.54) is 6.07 Å². The molecule has 0 saturated heterocycles. The Morgan fingerprint density at radius 1 is 1.41 bits per heavy atom. The summed E-state index contributed by atoms with van der Waals surface area (Å²) in [4.78, 5) is 0.195. The Kier molecular flexibility index (Phi) is 5.14. The first-order valence-electron chi connectivity index (χ1n) is 7.72. The Hall–Kier alpha value is -1.11. The van der Waals surface area contributed by atoms with Crippen LogP contribution in [0.3, 0.4) is 0 Å². The van der Waals surface area contributed by atoms with Gasteiger partial charge in [0, 0.05) is 6.54 Å². The van der Waals surface area contributed by atoms with Crippen molar-refractivity contribution in [2.45, 2.75) is 50.5 Å². The second-order valence-corrected chi connectivity index (χ2v) is 8.00. The van der Waals surface area contributed by atoms with E-state index in [1.807, 2.05) is 13.8 Å². The predicted molar refractivity (Wildman–Crippen MR) is 85.5 cm³/mol. The number of hydrogen-bond donors (Lipinski definition) is 2. The number of sulfonamides is 1. The standard InChI is InChI=1S/C16H25NO4S/c1-4-9-21-15-8-7-14(10-12(15)2)22(19,20)17-11-16(3,18)13-5-6-13/h7-8,10,13,17-18H,4-6,9,11H2,1-3H3. The molecule has 1 fully saturated rings. The molecule has 0 bridgehead atoms. The van der Waals surface area contributed by atoms with Crippen molar-refractivity contribution in [2.75, 3.05) is 13.2 Å². The fourth-order valence-electron chi connectivity index (χ4n) is 2.34. The normalized spacial score (nSPS) is 18.0. The zero-order valence-electron chi connectivity index (χ0n) is 13.4. The molecule has 0 amide bonds. The van der Waals surface area contributed by atoms with Crippen molar-refractivity contribution in [3.05, 3.63) is 23.8 Å². The van der Waals surface area contributed by atoms with Crippen molar-refractivity contribution >= 4 is 10.0 Å². The summed E-state index contributed by atoms with van der Waals surface area (Å²) in [6, 6.07) is 4.81. The molecule has 1 saturated carbocycles. The molecule has 1 aromatic rings. The van der Waals surface area contributed by atoms with Crippen LogP contribution in [0.25, 0.3) is 0 Å². The van der Waals surface area contributed by atoms with Gasteiger partial charge >= 0.3 is 0 Å². The molecule has 1 aromatic carbocycles. The summed E-state index contributed by atoms with van der Waals surface area (Å²) in [5, 5.41) is 10.2. The van der Waals surface area contributed by atoms with Crippen LogP contribution in [0.5, 0.6) is 5.75 Å². The first kappa shape index (κ1) is 17.2. The highest BCUT2D eigenvalue weighted by Gasteiger charge is 2.40. The molecule has 1 aliphatic carbocycles. The van der Waals surface area contributed by atoms with Crippen LogP contribution >= 0.6 is 0 Å². The molecule has 1 unspecified atom stereocenters. The summed E-state index contributed by atoms with van der Waals surface area (Å²) in [7, 11) is -3.62. The van der Waals surface area contributed by atoms with E-state index in [-0.39, 0.29) is 17.4 Å². The van der Waals surface area contributed by atoms with Gasteiger partial charge in [0.05, 0.1) is 17.1 Å². The second kappa shape index (κ2) is 6.56. The molecule has 124 valence electrons. The Morgan fingerprint density at radius 3 is 2.64 bits per heavy atom. The summed E-state index contributed by atoms with van der Waals surface area (Å²) in [5.74, 6) is 0.896. The van der Waals surface area contributed by atoms with E-state index in [4.69, 9.17) is 4.74 Å². The Bertz CT molecular complexity index is 621. The van der Waals surface area contributed by atoms with E-state index < -0.39 is 15.6 Å². The Labute approximate surface area is 132 Å². The number of aliphatic hydroxyl groups is 1. The van der Waals surface area contributed by atoms with E-state index >= 15 is 0 Å². The zero-order chi connectivity index (χ0) is 16.4. The van der Waals surface area contributed by atoms with Crippen LogP contribution in [-0.2, 0) is 10.0 Å². The van der Waals surface area contributed by atoms with Gasteiger partial charge in [0.15, 0.2) is 0 Å². The van der Waals surface area contributed by atoms with Crippen LogP contribution in [0.2, 0.25) is 0 Å². The van der Waals surface area contributed by atoms with Crippen LogP contribution in [0, 0.1) is 12.8 Å².